The average Bonchev–Trinajstić information content (AvgIpc) is 3.02. The Morgan fingerprint density at radius 1 is 0.697 bits per heavy atom. The second-order valence-corrected chi connectivity index (χ2v) is 9.71. The maximum absolute atomic E-state index is 2.45. The van der Waals surface area contributed by atoms with Crippen LogP contribution in [0.4, 0.5) is 0 Å². The summed E-state index contributed by atoms with van der Waals surface area (Å²) in [4.78, 5) is 0. The zero-order chi connectivity index (χ0) is 21.3. The molecule has 33 heavy (non-hydrogen) atoms. The molecule has 0 N–H and O–H groups in total. The van der Waals surface area contributed by atoms with Gasteiger partial charge in [-0.1, -0.05) is 0 Å². The number of hydrogen-bond acceptors (Lipinski definition) is 0. The van der Waals surface area contributed by atoms with E-state index >= 15 is 0 Å². The van der Waals surface area contributed by atoms with Crippen molar-refractivity contribution in [1.29, 1.82) is 0 Å². The molecule has 1 aliphatic carbocycles. The van der Waals surface area contributed by atoms with Crippen molar-refractivity contribution in [1.82, 2.24) is 0 Å². The average molecular weight is 532 g/mol. The van der Waals surface area contributed by atoms with E-state index in [2.05, 4.69) is 121 Å². The fourth-order valence-electron chi connectivity index (χ4n) is 4.86. The summed E-state index contributed by atoms with van der Waals surface area (Å²) < 4.78 is 1.50. The van der Waals surface area contributed by atoms with Gasteiger partial charge < -0.3 is 37.2 Å². The number of benzene rings is 3. The minimum Gasteiger partial charge on any atom is -1.00 e. The molecule has 0 atom stereocenters. The van der Waals surface area contributed by atoms with Crippen LogP contribution in [-0.4, -0.2) is 0 Å². The number of aryl methyl sites for hydroxylation is 4. The molecule has 0 unspecified atom stereocenters. The van der Waals surface area contributed by atoms with Gasteiger partial charge in [0.15, 0.2) is 0 Å². The van der Waals surface area contributed by atoms with E-state index in [9.17, 15) is 0 Å². The summed E-state index contributed by atoms with van der Waals surface area (Å²) in [7, 11) is 0. The number of hydrogen-bond donors (Lipinski definition) is 0. The molecule has 0 fully saturated rings. The minimum atomic E-state index is 0. The summed E-state index contributed by atoms with van der Waals surface area (Å²) in [5, 5.41) is 0. The molecule has 1 aliphatic rings. The van der Waals surface area contributed by atoms with Gasteiger partial charge in [-0.25, -0.2) is 0 Å². The smallest absolute Gasteiger partial charge is 1.00 e. The molecule has 0 bridgehead atoms. The van der Waals surface area contributed by atoms with E-state index < -0.39 is 0 Å². The predicted molar refractivity (Wildman–Crippen MR) is 124 cm³/mol. The molecule has 0 aromatic heterocycles. The second kappa shape index (κ2) is 13.0. The molecule has 0 saturated carbocycles. The Balaban J connectivity index is 0.00000181. The van der Waals surface area contributed by atoms with Gasteiger partial charge in [0.2, 0.25) is 0 Å². The van der Waals surface area contributed by atoms with Gasteiger partial charge in [0, 0.05) is 0 Å². The Morgan fingerprint density at radius 3 is 1.61 bits per heavy atom. The van der Waals surface area contributed by atoms with Gasteiger partial charge >= 0.3 is 194 Å². The van der Waals surface area contributed by atoms with Crippen molar-refractivity contribution in [3.05, 3.63) is 127 Å². The second-order valence-electron chi connectivity index (χ2n) is 8.76. The summed E-state index contributed by atoms with van der Waals surface area (Å²) in [6.07, 6.45) is 4.51. The molecular weight excluding hydrogens is 503 g/mol. The van der Waals surface area contributed by atoms with E-state index in [-0.39, 0.29) is 43.1 Å². The van der Waals surface area contributed by atoms with Crippen LogP contribution in [0.25, 0.3) is 0 Å². The number of halogens is 3. The van der Waals surface area contributed by atoms with Crippen LogP contribution in [0.15, 0.2) is 87.8 Å². The Morgan fingerprint density at radius 2 is 1.15 bits per heavy atom. The largest absolute Gasteiger partial charge is 1.00 e. The minimum absolute atomic E-state index is 0. The molecule has 0 nitrogen and oxygen atoms in total. The maximum Gasteiger partial charge on any atom is -1.00 e. The van der Waals surface area contributed by atoms with Crippen molar-refractivity contribution in [2.24, 2.45) is 0 Å². The van der Waals surface area contributed by atoms with Crippen LogP contribution in [-0.2, 0) is 26.9 Å². The normalized spacial score (nSPS) is 12.6. The number of allylic oxidation sites excluding steroid dienone is 4. The molecular formula is C29H29Cl3Ti. The van der Waals surface area contributed by atoms with Crippen LogP contribution in [0.5, 0.6) is 0 Å². The van der Waals surface area contributed by atoms with Gasteiger partial charge in [0.05, 0.1) is 0 Å². The molecule has 4 rings (SSSR count). The molecule has 0 saturated heterocycles. The third kappa shape index (κ3) is 7.11. The van der Waals surface area contributed by atoms with E-state index in [0.717, 1.165) is 12.8 Å². The molecule has 0 spiro atoms. The van der Waals surface area contributed by atoms with Crippen molar-refractivity contribution >= 4 is 0 Å². The zero-order valence-corrected chi connectivity index (χ0v) is 23.4. The van der Waals surface area contributed by atoms with Gasteiger partial charge in [0.1, 0.15) is 0 Å². The van der Waals surface area contributed by atoms with Crippen LogP contribution in [0, 0.1) is 27.7 Å². The van der Waals surface area contributed by atoms with E-state index in [1.54, 1.807) is 0 Å². The van der Waals surface area contributed by atoms with Crippen molar-refractivity contribution < 1.29 is 57.7 Å². The van der Waals surface area contributed by atoms with Crippen LogP contribution in [0.2, 0.25) is 0 Å². The molecule has 3 aromatic rings. The number of rotatable bonds is 5. The van der Waals surface area contributed by atoms with Crippen molar-refractivity contribution in [2.75, 3.05) is 0 Å². The van der Waals surface area contributed by atoms with Crippen LogP contribution in [0.3, 0.4) is 0 Å². The molecule has 0 amide bonds. The van der Waals surface area contributed by atoms with Gasteiger partial charge in [-0.05, 0) is 0 Å². The third-order valence-corrected chi connectivity index (χ3v) is 6.64. The fourth-order valence-corrected chi connectivity index (χ4v) is 5.50. The van der Waals surface area contributed by atoms with Gasteiger partial charge in [-0.3, -0.25) is 0 Å². The van der Waals surface area contributed by atoms with Crippen LogP contribution < -0.4 is 37.2 Å². The van der Waals surface area contributed by atoms with E-state index in [1.165, 1.54) is 54.0 Å². The Labute approximate surface area is 229 Å². The Hall–Kier alpha value is -1.28. The van der Waals surface area contributed by atoms with Gasteiger partial charge in [-0.15, -0.1) is 0 Å². The van der Waals surface area contributed by atoms with Gasteiger partial charge in [0.25, 0.3) is 0 Å². The maximum atomic E-state index is 2.45. The van der Waals surface area contributed by atoms with Crippen molar-refractivity contribution in [2.45, 2.75) is 46.5 Å². The van der Waals surface area contributed by atoms with Crippen LogP contribution in [0.1, 0.15) is 51.3 Å². The van der Waals surface area contributed by atoms with E-state index in [0.29, 0.717) is 0 Å². The van der Waals surface area contributed by atoms with E-state index in [1.807, 2.05) is 0 Å². The van der Waals surface area contributed by atoms with Gasteiger partial charge in [-0.2, -0.15) is 0 Å². The first-order valence-corrected chi connectivity index (χ1v) is 11.5. The SMILES string of the molecule is Cc1cc(C)cc(C(C2=[C]([Ti+3])CC=C2Cc2ccccc2)c2cc(C)cc(C)c2)c1.[Cl-].[Cl-].[Cl-]. The Kier molecular flexibility index (Phi) is 11.7. The molecule has 0 aliphatic heterocycles. The van der Waals surface area contributed by atoms with Crippen LogP contribution >= 0.6 is 0 Å². The Bertz CT molecular complexity index is 1050. The summed E-state index contributed by atoms with van der Waals surface area (Å²) >= 11 is 2.32. The molecule has 3 aromatic carbocycles. The van der Waals surface area contributed by atoms with Crippen molar-refractivity contribution in [3.8, 4) is 0 Å². The molecule has 0 heterocycles. The fraction of sp³-hybridized carbons (Fsp3) is 0.241. The zero-order valence-electron chi connectivity index (χ0n) is 19.6. The summed E-state index contributed by atoms with van der Waals surface area (Å²) in [6, 6.07) is 25.0. The van der Waals surface area contributed by atoms with Crippen molar-refractivity contribution in [3.63, 3.8) is 0 Å². The standard InChI is InChI=1S/C29H29.3ClH.Ti/c1-20-13-21(2)16-26(15-20)29(27-17-22(3)14-23(4)18-27)28-12-8-11-25(28)19-24-9-6-5-7-10-24;;;;/h5-7,9-11,13-18,29H,8,19H2,1-4H3;3*1H;/q;;;;+3/p-3. The first-order chi connectivity index (χ1) is 14.4. The summed E-state index contributed by atoms with van der Waals surface area (Å²) in [5.74, 6) is 0.277. The molecule has 4 heteroatoms. The topological polar surface area (TPSA) is 0 Å². The first kappa shape index (κ1) is 29.8. The molecule has 170 valence electrons. The third-order valence-electron chi connectivity index (χ3n) is 5.90. The first-order valence-electron chi connectivity index (χ1n) is 10.7. The predicted octanol–water partition coefficient (Wildman–Crippen LogP) is -1.56. The summed E-state index contributed by atoms with van der Waals surface area (Å²) in [5.41, 5.74) is 12.6. The quantitative estimate of drug-likeness (QED) is 0.350. The van der Waals surface area contributed by atoms with E-state index in [4.69, 9.17) is 0 Å². The summed E-state index contributed by atoms with van der Waals surface area (Å²) in [6.45, 7) is 8.86. The monoisotopic (exact) mass is 530 g/mol. The molecule has 0 radical (unpaired) electrons.